The normalized spacial score (nSPS) is 10.4. The molecule has 2 aromatic carbocycles. The summed E-state index contributed by atoms with van der Waals surface area (Å²) in [4.78, 5) is 25.2. The van der Waals surface area contributed by atoms with E-state index in [1.165, 1.54) is 0 Å². The van der Waals surface area contributed by atoms with Gasteiger partial charge in [-0.05, 0) is 31.5 Å². The van der Waals surface area contributed by atoms with Gasteiger partial charge >= 0.3 is 11.9 Å². The fraction of sp³-hybridized carbons (Fsp3) is 0.182. The number of hydrogen-bond donors (Lipinski definition) is 1. The number of rotatable bonds is 8. The molecule has 0 aromatic heterocycles. The van der Waals surface area contributed by atoms with E-state index in [4.69, 9.17) is 9.47 Å². The quantitative estimate of drug-likeness (QED) is 0.184. The van der Waals surface area contributed by atoms with Crippen LogP contribution in [0.3, 0.4) is 0 Å². The Balaban J connectivity index is 2.67. The summed E-state index contributed by atoms with van der Waals surface area (Å²) in [5.74, 6) is -1.76. The fourth-order valence-corrected chi connectivity index (χ4v) is 2.47. The van der Waals surface area contributed by atoms with Crippen LogP contribution < -0.4 is 5.43 Å². The molecule has 0 amide bonds. The number of hydrazone groups is 1. The largest absolute Gasteiger partial charge is 0.462 e. The number of nitrogens with one attached hydrogen (secondary N) is 1. The van der Waals surface area contributed by atoms with Gasteiger partial charge in [-0.2, -0.15) is 10.4 Å². The van der Waals surface area contributed by atoms with Gasteiger partial charge in [-0.15, -0.1) is 0 Å². The van der Waals surface area contributed by atoms with Crippen LogP contribution >= 0.6 is 0 Å². The van der Waals surface area contributed by atoms with Crippen LogP contribution in [0.2, 0.25) is 0 Å². The third kappa shape index (κ3) is 5.78. The van der Waals surface area contributed by atoms with E-state index in [-0.39, 0.29) is 30.1 Å². The minimum atomic E-state index is -0.882. The number of nitrogens with zero attached hydrogens (tertiary/aromatic N) is 2. The molecule has 1 N–H and O–H groups in total. The molecular formula is C22H21N3O4. The predicted molar refractivity (Wildman–Crippen MR) is 110 cm³/mol. The van der Waals surface area contributed by atoms with Gasteiger partial charge in [0.2, 0.25) is 0 Å². The molecule has 0 atom stereocenters. The Labute approximate surface area is 169 Å². The third-order valence-corrected chi connectivity index (χ3v) is 3.68. The second-order valence-corrected chi connectivity index (χ2v) is 5.61. The summed E-state index contributed by atoms with van der Waals surface area (Å²) >= 11 is 0. The minimum Gasteiger partial charge on any atom is -0.462 e. The Hall–Kier alpha value is -3.92. The van der Waals surface area contributed by atoms with Crippen molar-refractivity contribution in [2.24, 2.45) is 5.10 Å². The second-order valence-electron chi connectivity index (χ2n) is 5.61. The van der Waals surface area contributed by atoms with Crippen LogP contribution in [0.1, 0.15) is 19.4 Å². The molecule has 0 spiro atoms. The van der Waals surface area contributed by atoms with Gasteiger partial charge in [0.05, 0.1) is 18.9 Å². The van der Waals surface area contributed by atoms with Crippen molar-refractivity contribution in [2.75, 3.05) is 18.6 Å². The molecule has 2 rings (SSSR count). The first-order chi connectivity index (χ1) is 14.1. The zero-order chi connectivity index (χ0) is 21.1. The first-order valence-electron chi connectivity index (χ1n) is 9.05. The van der Waals surface area contributed by atoms with Crippen LogP contribution in [0.25, 0.3) is 5.57 Å². The van der Waals surface area contributed by atoms with E-state index in [9.17, 15) is 14.9 Å². The van der Waals surface area contributed by atoms with Crippen LogP contribution in [0.5, 0.6) is 0 Å². The van der Waals surface area contributed by atoms with E-state index < -0.39 is 11.9 Å². The van der Waals surface area contributed by atoms with Gasteiger partial charge in [0, 0.05) is 5.57 Å². The zero-order valence-corrected chi connectivity index (χ0v) is 16.2. The van der Waals surface area contributed by atoms with Crippen molar-refractivity contribution in [3.8, 4) is 6.07 Å². The van der Waals surface area contributed by atoms with Crippen molar-refractivity contribution in [2.45, 2.75) is 13.8 Å². The van der Waals surface area contributed by atoms with Gasteiger partial charge in [-0.1, -0.05) is 48.5 Å². The van der Waals surface area contributed by atoms with Crippen molar-refractivity contribution in [1.82, 2.24) is 0 Å². The number of ether oxygens (including phenoxy) is 2. The van der Waals surface area contributed by atoms with Crippen LogP contribution in [0, 0.1) is 11.3 Å². The highest BCUT2D eigenvalue weighted by atomic mass is 16.6. The molecule has 0 aliphatic carbocycles. The highest BCUT2D eigenvalue weighted by molar-refractivity contribution is 6.40. The van der Waals surface area contributed by atoms with Gasteiger partial charge < -0.3 is 9.47 Å². The van der Waals surface area contributed by atoms with E-state index in [1.807, 2.05) is 12.1 Å². The van der Waals surface area contributed by atoms with Gasteiger partial charge in [-0.25, -0.2) is 9.59 Å². The predicted octanol–water partition coefficient (Wildman–Crippen LogP) is 3.56. The summed E-state index contributed by atoms with van der Waals surface area (Å²) < 4.78 is 10.1. The van der Waals surface area contributed by atoms with E-state index in [0.29, 0.717) is 11.3 Å². The number of allylic oxidation sites excluding steroid dienone is 1. The highest BCUT2D eigenvalue weighted by Crippen LogP contribution is 2.23. The average molecular weight is 391 g/mol. The zero-order valence-electron chi connectivity index (χ0n) is 16.2. The molecule has 0 saturated heterocycles. The first-order valence-corrected chi connectivity index (χ1v) is 9.05. The lowest BCUT2D eigenvalue weighted by atomic mass is 9.95. The van der Waals surface area contributed by atoms with Gasteiger partial charge in [0.15, 0.2) is 11.3 Å². The number of para-hydroxylation sites is 1. The maximum Gasteiger partial charge on any atom is 0.346 e. The molecule has 0 heterocycles. The lowest BCUT2D eigenvalue weighted by Gasteiger charge is -2.13. The smallest absolute Gasteiger partial charge is 0.346 e. The van der Waals surface area contributed by atoms with E-state index in [1.54, 1.807) is 68.4 Å². The summed E-state index contributed by atoms with van der Waals surface area (Å²) in [6, 6.07) is 19.5. The van der Waals surface area contributed by atoms with Crippen LogP contribution in [-0.4, -0.2) is 30.9 Å². The van der Waals surface area contributed by atoms with Gasteiger partial charge in [0.25, 0.3) is 0 Å². The van der Waals surface area contributed by atoms with E-state index in [0.717, 1.165) is 0 Å². The molecule has 148 valence electrons. The molecule has 0 fully saturated rings. The van der Waals surface area contributed by atoms with Crippen molar-refractivity contribution in [3.05, 3.63) is 71.8 Å². The first kappa shape index (κ1) is 21.4. The topological polar surface area (TPSA) is 101 Å². The molecular weight excluding hydrogens is 370 g/mol. The Bertz CT molecular complexity index is 925. The molecule has 7 heteroatoms. The monoisotopic (exact) mass is 391 g/mol. The molecule has 2 aromatic rings. The summed E-state index contributed by atoms with van der Waals surface area (Å²) in [6.07, 6.45) is 0. The Morgan fingerprint density at radius 2 is 1.45 bits per heavy atom. The summed E-state index contributed by atoms with van der Waals surface area (Å²) in [6.45, 7) is 3.37. The van der Waals surface area contributed by atoms with Crippen molar-refractivity contribution in [1.29, 1.82) is 5.26 Å². The molecule has 0 aliphatic rings. The molecule has 0 saturated carbocycles. The number of carbonyl (C=O) groups is 2. The minimum absolute atomic E-state index is 0.0356. The number of nitriles is 1. The summed E-state index contributed by atoms with van der Waals surface area (Å²) in [5, 5.41) is 13.9. The summed E-state index contributed by atoms with van der Waals surface area (Å²) in [5.41, 5.74) is 3.37. The standard InChI is InChI=1S/C22H21N3O4/c1-3-28-21(26)20(22(27)29-4-2)19(16-11-7-5-8-12-16)18(15-23)25-24-17-13-9-6-10-14-17/h5-14,24H,3-4H2,1-2H3. The van der Waals surface area contributed by atoms with Crippen LogP contribution in [-0.2, 0) is 19.1 Å². The molecule has 0 aliphatic heterocycles. The number of benzene rings is 2. The highest BCUT2D eigenvalue weighted by Gasteiger charge is 2.29. The molecule has 7 nitrogen and oxygen atoms in total. The van der Waals surface area contributed by atoms with E-state index in [2.05, 4.69) is 10.5 Å². The number of hydrogen-bond acceptors (Lipinski definition) is 7. The molecule has 29 heavy (non-hydrogen) atoms. The number of carbonyl (C=O) groups excluding carboxylic acids is 2. The Kier molecular flexibility index (Phi) is 8.14. The SMILES string of the molecule is CCOC(=O)C(C(=O)OCC)=C(C(C#N)=NNc1ccccc1)c1ccccc1. The third-order valence-electron chi connectivity index (χ3n) is 3.68. The summed E-state index contributed by atoms with van der Waals surface area (Å²) in [7, 11) is 0. The van der Waals surface area contributed by atoms with Crippen LogP contribution in [0.4, 0.5) is 5.69 Å². The Morgan fingerprint density at radius 1 is 0.931 bits per heavy atom. The maximum atomic E-state index is 12.6. The van der Waals surface area contributed by atoms with Crippen molar-refractivity contribution in [3.63, 3.8) is 0 Å². The van der Waals surface area contributed by atoms with Crippen LogP contribution in [0.15, 0.2) is 71.3 Å². The maximum absolute atomic E-state index is 12.6. The van der Waals surface area contributed by atoms with Crippen molar-refractivity contribution < 1.29 is 19.1 Å². The van der Waals surface area contributed by atoms with Gasteiger partial charge in [-0.3, -0.25) is 5.43 Å². The van der Waals surface area contributed by atoms with Gasteiger partial charge in [0.1, 0.15) is 6.07 Å². The average Bonchev–Trinajstić information content (AvgIpc) is 2.75. The Morgan fingerprint density at radius 3 is 1.93 bits per heavy atom. The molecule has 0 radical (unpaired) electrons. The molecule has 0 bridgehead atoms. The number of anilines is 1. The van der Waals surface area contributed by atoms with E-state index >= 15 is 0 Å². The molecule has 0 unspecified atom stereocenters. The second kappa shape index (κ2) is 11.0. The number of esters is 2. The lowest BCUT2D eigenvalue weighted by molar-refractivity contribution is -0.146. The fourth-order valence-electron chi connectivity index (χ4n) is 2.47. The lowest BCUT2D eigenvalue weighted by Crippen LogP contribution is -2.22. The van der Waals surface area contributed by atoms with Crippen molar-refractivity contribution >= 4 is 28.9 Å².